The molecular formula is C27H30ClN3O4S. The Bertz CT molecular complexity index is 1310. The molecule has 3 aromatic carbocycles. The third kappa shape index (κ3) is 5.83. The number of piperazine rings is 1. The van der Waals surface area contributed by atoms with E-state index in [9.17, 15) is 13.2 Å². The van der Waals surface area contributed by atoms with Crippen LogP contribution in [0.1, 0.15) is 22.8 Å². The molecule has 1 saturated heterocycles. The van der Waals surface area contributed by atoms with E-state index in [1.165, 1.54) is 11.4 Å². The molecule has 1 aliphatic heterocycles. The van der Waals surface area contributed by atoms with Gasteiger partial charge in [0.1, 0.15) is 5.75 Å². The zero-order chi connectivity index (χ0) is 25.7. The predicted octanol–water partition coefficient (Wildman–Crippen LogP) is 4.52. The zero-order valence-electron chi connectivity index (χ0n) is 20.4. The molecule has 0 aromatic heterocycles. The van der Waals surface area contributed by atoms with Crippen molar-refractivity contribution in [2.75, 3.05) is 44.7 Å². The van der Waals surface area contributed by atoms with Gasteiger partial charge in [0.05, 0.1) is 11.5 Å². The van der Waals surface area contributed by atoms with Crippen molar-refractivity contribution in [2.24, 2.45) is 0 Å². The summed E-state index contributed by atoms with van der Waals surface area (Å²) in [5.74, 6) is 0.480. The van der Waals surface area contributed by atoms with Crippen LogP contribution in [0.5, 0.6) is 5.75 Å². The molecule has 0 spiro atoms. The van der Waals surface area contributed by atoms with Gasteiger partial charge in [-0.25, -0.2) is 8.42 Å². The molecule has 0 radical (unpaired) electrons. The molecule has 3 aromatic rings. The SMILES string of the molecule is CCOc1ccc(C(=O)N2CCN(c3cccc(Cl)c3)CC2)cc1CN(C)S(=O)(=O)c1ccccc1. The molecule has 0 unspecified atom stereocenters. The number of sulfonamides is 1. The number of ether oxygens (including phenoxy) is 1. The maximum absolute atomic E-state index is 13.3. The van der Waals surface area contributed by atoms with Crippen molar-refractivity contribution in [2.45, 2.75) is 18.4 Å². The summed E-state index contributed by atoms with van der Waals surface area (Å²) >= 11 is 6.13. The average Bonchev–Trinajstić information content (AvgIpc) is 2.90. The fourth-order valence-corrected chi connectivity index (χ4v) is 5.61. The van der Waals surface area contributed by atoms with Gasteiger partial charge >= 0.3 is 0 Å². The fraction of sp³-hybridized carbons (Fsp3) is 0.296. The molecule has 0 aliphatic carbocycles. The van der Waals surface area contributed by atoms with Gasteiger partial charge in [-0.2, -0.15) is 4.31 Å². The van der Waals surface area contributed by atoms with Crippen molar-refractivity contribution in [3.05, 3.63) is 88.9 Å². The lowest BCUT2D eigenvalue weighted by Crippen LogP contribution is -2.48. The second-order valence-electron chi connectivity index (χ2n) is 8.59. The van der Waals surface area contributed by atoms with Gasteiger partial charge in [0.15, 0.2) is 0 Å². The molecule has 9 heteroatoms. The molecule has 7 nitrogen and oxygen atoms in total. The first kappa shape index (κ1) is 26.0. The summed E-state index contributed by atoms with van der Waals surface area (Å²) < 4.78 is 33.1. The van der Waals surface area contributed by atoms with Crippen molar-refractivity contribution < 1.29 is 17.9 Å². The highest BCUT2D eigenvalue weighted by molar-refractivity contribution is 7.89. The Balaban J connectivity index is 1.50. The summed E-state index contributed by atoms with van der Waals surface area (Å²) in [5.41, 5.74) is 2.19. The smallest absolute Gasteiger partial charge is 0.253 e. The molecule has 0 bridgehead atoms. The molecule has 0 atom stereocenters. The Hall–Kier alpha value is -3.07. The van der Waals surface area contributed by atoms with Crippen LogP contribution in [0.3, 0.4) is 0 Å². The molecule has 1 fully saturated rings. The third-order valence-electron chi connectivity index (χ3n) is 6.19. The molecule has 0 saturated carbocycles. The highest BCUT2D eigenvalue weighted by atomic mass is 35.5. The van der Waals surface area contributed by atoms with Gasteiger partial charge in [-0.15, -0.1) is 0 Å². The van der Waals surface area contributed by atoms with Gasteiger partial charge in [-0.05, 0) is 55.5 Å². The zero-order valence-corrected chi connectivity index (χ0v) is 22.0. The van der Waals surface area contributed by atoms with E-state index >= 15 is 0 Å². The van der Waals surface area contributed by atoms with Crippen molar-refractivity contribution in [1.82, 2.24) is 9.21 Å². The number of hydrogen-bond acceptors (Lipinski definition) is 5. The van der Waals surface area contributed by atoms with Gasteiger partial charge in [0.25, 0.3) is 5.91 Å². The third-order valence-corrected chi connectivity index (χ3v) is 8.24. The standard InChI is InChI=1S/C27H30ClN3O4S/c1-3-35-26-13-12-21(18-22(26)20-29(2)36(33,34)25-10-5-4-6-11-25)27(32)31-16-14-30(15-17-31)24-9-7-8-23(28)19-24/h4-13,18-19H,3,14-17,20H2,1-2H3. The summed E-state index contributed by atoms with van der Waals surface area (Å²) in [5, 5.41) is 0.687. The maximum atomic E-state index is 13.3. The number of amides is 1. The number of benzene rings is 3. The van der Waals surface area contributed by atoms with E-state index in [1.54, 1.807) is 48.5 Å². The minimum Gasteiger partial charge on any atom is -0.494 e. The molecule has 0 N–H and O–H groups in total. The normalized spacial score (nSPS) is 14.2. The molecule has 36 heavy (non-hydrogen) atoms. The van der Waals surface area contributed by atoms with Crippen LogP contribution < -0.4 is 9.64 Å². The van der Waals surface area contributed by atoms with E-state index < -0.39 is 10.0 Å². The Morgan fingerprint density at radius 2 is 1.69 bits per heavy atom. The van der Waals surface area contributed by atoms with Crippen molar-refractivity contribution in [1.29, 1.82) is 0 Å². The van der Waals surface area contributed by atoms with E-state index in [-0.39, 0.29) is 17.3 Å². The van der Waals surface area contributed by atoms with Gasteiger partial charge in [0, 0.05) is 61.6 Å². The van der Waals surface area contributed by atoms with Crippen LogP contribution in [0.25, 0.3) is 0 Å². The van der Waals surface area contributed by atoms with E-state index in [4.69, 9.17) is 16.3 Å². The maximum Gasteiger partial charge on any atom is 0.253 e. The molecule has 1 aliphatic rings. The van der Waals surface area contributed by atoms with Gasteiger partial charge in [0.2, 0.25) is 10.0 Å². The van der Waals surface area contributed by atoms with E-state index in [2.05, 4.69) is 4.90 Å². The molecule has 4 rings (SSSR count). The van der Waals surface area contributed by atoms with E-state index in [0.717, 1.165) is 5.69 Å². The minimum atomic E-state index is -3.69. The van der Waals surface area contributed by atoms with E-state index in [1.807, 2.05) is 36.1 Å². The number of carbonyl (C=O) groups is 1. The highest BCUT2D eigenvalue weighted by Crippen LogP contribution is 2.26. The minimum absolute atomic E-state index is 0.0796. The molecular weight excluding hydrogens is 498 g/mol. The van der Waals surface area contributed by atoms with Crippen molar-refractivity contribution in [3.63, 3.8) is 0 Å². The van der Waals surface area contributed by atoms with Crippen LogP contribution in [-0.4, -0.2) is 63.4 Å². The topological polar surface area (TPSA) is 70.2 Å². The molecule has 1 amide bonds. The predicted molar refractivity (Wildman–Crippen MR) is 142 cm³/mol. The van der Waals surface area contributed by atoms with Crippen LogP contribution in [0.2, 0.25) is 5.02 Å². The lowest BCUT2D eigenvalue weighted by atomic mass is 10.1. The quantitative estimate of drug-likeness (QED) is 0.431. The lowest BCUT2D eigenvalue weighted by molar-refractivity contribution is 0.0746. The summed E-state index contributed by atoms with van der Waals surface area (Å²) in [6, 6.07) is 21.2. The van der Waals surface area contributed by atoms with Crippen LogP contribution in [-0.2, 0) is 16.6 Å². The van der Waals surface area contributed by atoms with E-state index in [0.29, 0.717) is 54.7 Å². The number of halogens is 1. The number of anilines is 1. The average molecular weight is 528 g/mol. The number of rotatable bonds is 8. The first-order valence-electron chi connectivity index (χ1n) is 11.9. The summed E-state index contributed by atoms with van der Waals surface area (Å²) in [4.78, 5) is 17.6. The number of nitrogens with zero attached hydrogens (tertiary/aromatic N) is 3. The van der Waals surface area contributed by atoms with Gasteiger partial charge in [-0.3, -0.25) is 4.79 Å². The first-order valence-corrected chi connectivity index (χ1v) is 13.7. The van der Waals surface area contributed by atoms with Crippen LogP contribution in [0.15, 0.2) is 77.7 Å². The summed E-state index contributed by atoms with van der Waals surface area (Å²) in [7, 11) is -2.16. The number of carbonyl (C=O) groups excluding carboxylic acids is 1. The molecule has 1 heterocycles. The van der Waals surface area contributed by atoms with Crippen LogP contribution >= 0.6 is 11.6 Å². The Morgan fingerprint density at radius 3 is 2.36 bits per heavy atom. The van der Waals surface area contributed by atoms with Crippen LogP contribution in [0.4, 0.5) is 5.69 Å². The summed E-state index contributed by atoms with van der Waals surface area (Å²) in [6.07, 6.45) is 0. The summed E-state index contributed by atoms with van der Waals surface area (Å²) in [6.45, 7) is 4.94. The van der Waals surface area contributed by atoms with Crippen molar-refractivity contribution >= 4 is 33.2 Å². The molecule has 190 valence electrons. The highest BCUT2D eigenvalue weighted by Gasteiger charge is 2.25. The number of hydrogen-bond donors (Lipinski definition) is 0. The lowest BCUT2D eigenvalue weighted by Gasteiger charge is -2.36. The van der Waals surface area contributed by atoms with Crippen molar-refractivity contribution in [3.8, 4) is 5.75 Å². The van der Waals surface area contributed by atoms with Gasteiger partial charge < -0.3 is 14.5 Å². The Kier molecular flexibility index (Phi) is 8.18. The largest absolute Gasteiger partial charge is 0.494 e. The first-order chi connectivity index (χ1) is 17.3. The second kappa shape index (κ2) is 11.3. The van der Waals surface area contributed by atoms with Gasteiger partial charge in [-0.1, -0.05) is 35.9 Å². The Labute approximate surface area is 217 Å². The van der Waals surface area contributed by atoms with Crippen LogP contribution in [0, 0.1) is 0 Å². The second-order valence-corrected chi connectivity index (χ2v) is 11.1. The Morgan fingerprint density at radius 1 is 0.972 bits per heavy atom. The fourth-order valence-electron chi connectivity index (χ4n) is 4.25. The monoisotopic (exact) mass is 527 g/mol.